The SMILES string of the molecule is Cc1oc(-n2cccc2)c(C#N)c1C(=O)OCC(=O)Nc1cccc(Cl)c1. The summed E-state index contributed by atoms with van der Waals surface area (Å²) in [5.74, 6) is -0.894. The molecule has 1 N–H and O–H groups in total. The third kappa shape index (κ3) is 4.02. The second kappa shape index (κ2) is 7.81. The summed E-state index contributed by atoms with van der Waals surface area (Å²) in [4.78, 5) is 24.4. The Kier molecular flexibility index (Phi) is 5.29. The van der Waals surface area contributed by atoms with Crippen molar-refractivity contribution in [2.75, 3.05) is 11.9 Å². The molecule has 0 saturated heterocycles. The highest BCUT2D eigenvalue weighted by Gasteiger charge is 2.26. The third-order valence-corrected chi connectivity index (χ3v) is 3.90. The smallest absolute Gasteiger partial charge is 0.343 e. The number of hydrogen-bond donors (Lipinski definition) is 1. The highest BCUT2D eigenvalue weighted by molar-refractivity contribution is 6.30. The second-order valence-electron chi connectivity index (χ2n) is 5.55. The number of benzene rings is 1. The molecule has 3 aromatic rings. The van der Waals surface area contributed by atoms with E-state index in [4.69, 9.17) is 20.8 Å². The summed E-state index contributed by atoms with van der Waals surface area (Å²) >= 11 is 5.85. The summed E-state index contributed by atoms with van der Waals surface area (Å²) in [6, 6.07) is 12.1. The van der Waals surface area contributed by atoms with E-state index in [1.54, 1.807) is 60.3 Å². The lowest BCUT2D eigenvalue weighted by Crippen LogP contribution is -2.21. The van der Waals surface area contributed by atoms with Gasteiger partial charge < -0.3 is 14.5 Å². The van der Waals surface area contributed by atoms with Crippen LogP contribution in [0.5, 0.6) is 0 Å². The number of rotatable bonds is 5. The molecule has 0 aliphatic rings. The van der Waals surface area contributed by atoms with Gasteiger partial charge in [0.1, 0.15) is 23.0 Å². The Labute approximate surface area is 159 Å². The minimum Gasteiger partial charge on any atom is -0.452 e. The van der Waals surface area contributed by atoms with Gasteiger partial charge in [0, 0.05) is 23.1 Å². The maximum Gasteiger partial charge on any atom is 0.343 e. The number of aromatic nitrogens is 1. The van der Waals surface area contributed by atoms with Crippen molar-refractivity contribution in [3.63, 3.8) is 0 Å². The maximum absolute atomic E-state index is 12.4. The first-order chi connectivity index (χ1) is 13.0. The quantitative estimate of drug-likeness (QED) is 0.677. The molecular formula is C19H14ClN3O4. The van der Waals surface area contributed by atoms with Crippen molar-refractivity contribution in [3.05, 3.63) is 70.7 Å². The Morgan fingerprint density at radius 2 is 2.04 bits per heavy atom. The van der Waals surface area contributed by atoms with Crippen LogP contribution in [0.2, 0.25) is 5.02 Å². The molecule has 136 valence electrons. The predicted molar refractivity (Wildman–Crippen MR) is 97.9 cm³/mol. The number of hydrogen-bond acceptors (Lipinski definition) is 5. The molecule has 0 fully saturated rings. The number of carbonyl (C=O) groups excluding carboxylic acids is 2. The Balaban J connectivity index is 1.71. The van der Waals surface area contributed by atoms with Gasteiger partial charge in [0.05, 0.1) is 0 Å². The summed E-state index contributed by atoms with van der Waals surface area (Å²) in [5.41, 5.74) is 0.524. The molecule has 8 heteroatoms. The number of anilines is 1. The third-order valence-electron chi connectivity index (χ3n) is 3.66. The zero-order valence-corrected chi connectivity index (χ0v) is 15.0. The van der Waals surface area contributed by atoms with E-state index in [2.05, 4.69) is 5.32 Å². The average Bonchev–Trinajstić information content (AvgIpc) is 3.27. The van der Waals surface area contributed by atoms with Gasteiger partial charge in [0.25, 0.3) is 5.91 Å². The Morgan fingerprint density at radius 1 is 1.30 bits per heavy atom. The monoisotopic (exact) mass is 383 g/mol. The number of carbonyl (C=O) groups is 2. The van der Waals surface area contributed by atoms with Crippen molar-refractivity contribution < 1.29 is 18.7 Å². The van der Waals surface area contributed by atoms with Crippen LogP contribution in [-0.2, 0) is 9.53 Å². The van der Waals surface area contributed by atoms with E-state index in [9.17, 15) is 14.9 Å². The van der Waals surface area contributed by atoms with Gasteiger partial charge in [-0.05, 0) is 37.3 Å². The Bertz CT molecular complexity index is 1030. The van der Waals surface area contributed by atoms with Gasteiger partial charge in [-0.15, -0.1) is 0 Å². The van der Waals surface area contributed by atoms with Gasteiger partial charge in [-0.2, -0.15) is 5.26 Å². The van der Waals surface area contributed by atoms with E-state index in [-0.39, 0.29) is 22.8 Å². The number of esters is 1. The average molecular weight is 384 g/mol. The molecule has 2 heterocycles. The van der Waals surface area contributed by atoms with Crippen LogP contribution in [0.4, 0.5) is 5.69 Å². The fourth-order valence-corrected chi connectivity index (χ4v) is 2.69. The number of nitrogens with one attached hydrogen (secondary N) is 1. The lowest BCUT2D eigenvalue weighted by molar-refractivity contribution is -0.119. The lowest BCUT2D eigenvalue weighted by atomic mass is 10.1. The predicted octanol–water partition coefficient (Wildman–Crippen LogP) is 3.70. The van der Waals surface area contributed by atoms with Crippen molar-refractivity contribution in [1.82, 2.24) is 4.57 Å². The first-order valence-electron chi connectivity index (χ1n) is 7.89. The molecule has 2 aromatic heterocycles. The standard InChI is InChI=1S/C19H14ClN3O4/c1-12-17(15(10-21)18(27-12)23-7-2-3-8-23)19(25)26-11-16(24)22-14-6-4-5-13(20)9-14/h2-9H,11H2,1H3,(H,22,24). The minimum absolute atomic E-state index is 0.00300. The van der Waals surface area contributed by atoms with Crippen LogP contribution in [-0.4, -0.2) is 23.1 Å². The molecule has 0 unspecified atom stereocenters. The molecule has 0 bridgehead atoms. The number of amides is 1. The number of aryl methyl sites for hydroxylation is 1. The van der Waals surface area contributed by atoms with Gasteiger partial charge in [0.15, 0.2) is 6.61 Å². The molecule has 0 aliphatic heterocycles. The molecule has 7 nitrogen and oxygen atoms in total. The Morgan fingerprint density at radius 3 is 2.70 bits per heavy atom. The minimum atomic E-state index is -0.813. The summed E-state index contributed by atoms with van der Waals surface area (Å²) in [7, 11) is 0. The molecule has 1 amide bonds. The van der Waals surface area contributed by atoms with Crippen LogP contribution in [0.15, 0.2) is 53.2 Å². The number of halogens is 1. The van der Waals surface area contributed by atoms with Gasteiger partial charge in [0.2, 0.25) is 5.88 Å². The normalized spacial score (nSPS) is 10.3. The van der Waals surface area contributed by atoms with Crippen molar-refractivity contribution in [2.24, 2.45) is 0 Å². The molecule has 0 atom stereocenters. The highest BCUT2D eigenvalue weighted by Crippen LogP contribution is 2.26. The zero-order chi connectivity index (χ0) is 19.4. The number of furan rings is 1. The molecule has 0 saturated carbocycles. The first kappa shape index (κ1) is 18.3. The fourth-order valence-electron chi connectivity index (χ4n) is 2.50. The van der Waals surface area contributed by atoms with E-state index in [1.165, 1.54) is 0 Å². The van der Waals surface area contributed by atoms with E-state index in [0.29, 0.717) is 10.7 Å². The van der Waals surface area contributed by atoms with E-state index in [1.807, 2.05) is 6.07 Å². The van der Waals surface area contributed by atoms with Crippen LogP contribution in [0, 0.1) is 18.3 Å². The summed E-state index contributed by atoms with van der Waals surface area (Å²) in [5, 5.41) is 12.5. The van der Waals surface area contributed by atoms with Crippen LogP contribution < -0.4 is 5.32 Å². The van der Waals surface area contributed by atoms with Gasteiger partial charge in [-0.1, -0.05) is 17.7 Å². The van der Waals surface area contributed by atoms with Crippen molar-refractivity contribution >= 4 is 29.2 Å². The molecule has 27 heavy (non-hydrogen) atoms. The summed E-state index contributed by atoms with van der Waals surface area (Å²) in [6.45, 7) is 1.04. The number of nitrogens with zero attached hydrogens (tertiary/aromatic N) is 2. The van der Waals surface area contributed by atoms with Crippen LogP contribution in [0.3, 0.4) is 0 Å². The lowest BCUT2D eigenvalue weighted by Gasteiger charge is -2.06. The molecule has 0 aliphatic carbocycles. The van der Waals surface area contributed by atoms with Crippen LogP contribution in [0.25, 0.3) is 5.88 Å². The van der Waals surface area contributed by atoms with Crippen molar-refractivity contribution in [3.8, 4) is 12.0 Å². The van der Waals surface area contributed by atoms with Crippen LogP contribution >= 0.6 is 11.6 Å². The fraction of sp³-hybridized carbons (Fsp3) is 0.105. The van der Waals surface area contributed by atoms with E-state index < -0.39 is 18.5 Å². The molecule has 1 aromatic carbocycles. The van der Waals surface area contributed by atoms with Gasteiger partial charge in [-0.25, -0.2) is 4.79 Å². The van der Waals surface area contributed by atoms with E-state index in [0.717, 1.165) is 0 Å². The van der Waals surface area contributed by atoms with Gasteiger partial charge >= 0.3 is 5.97 Å². The topological polar surface area (TPSA) is 97.3 Å². The molecule has 0 spiro atoms. The molecular weight excluding hydrogens is 370 g/mol. The molecule has 3 rings (SSSR count). The number of nitriles is 1. The number of ether oxygens (including phenoxy) is 1. The molecule has 0 radical (unpaired) electrons. The van der Waals surface area contributed by atoms with E-state index >= 15 is 0 Å². The van der Waals surface area contributed by atoms with Crippen LogP contribution in [0.1, 0.15) is 21.7 Å². The second-order valence-corrected chi connectivity index (χ2v) is 5.99. The maximum atomic E-state index is 12.4. The Hall–Kier alpha value is -3.50. The van der Waals surface area contributed by atoms with Crippen molar-refractivity contribution in [2.45, 2.75) is 6.92 Å². The summed E-state index contributed by atoms with van der Waals surface area (Å²) in [6.07, 6.45) is 3.37. The van der Waals surface area contributed by atoms with Gasteiger partial charge in [-0.3, -0.25) is 9.36 Å². The first-order valence-corrected chi connectivity index (χ1v) is 8.26. The summed E-state index contributed by atoms with van der Waals surface area (Å²) < 4.78 is 12.2. The zero-order valence-electron chi connectivity index (χ0n) is 14.2. The largest absolute Gasteiger partial charge is 0.452 e. The highest BCUT2D eigenvalue weighted by atomic mass is 35.5. The van der Waals surface area contributed by atoms with Crippen molar-refractivity contribution in [1.29, 1.82) is 5.26 Å².